The molecule has 0 bridgehead atoms. The summed E-state index contributed by atoms with van der Waals surface area (Å²) in [7, 11) is 0. The van der Waals surface area contributed by atoms with Crippen molar-refractivity contribution in [3.63, 3.8) is 0 Å². The summed E-state index contributed by atoms with van der Waals surface area (Å²) in [5.74, 6) is -0.719. The van der Waals surface area contributed by atoms with Crippen LogP contribution in [0, 0.1) is 19.7 Å². The van der Waals surface area contributed by atoms with Gasteiger partial charge in [-0.15, -0.1) is 0 Å². The van der Waals surface area contributed by atoms with Crippen LogP contribution in [0.3, 0.4) is 0 Å². The third-order valence-corrected chi connectivity index (χ3v) is 3.63. The molecule has 0 amide bonds. The van der Waals surface area contributed by atoms with Crippen molar-refractivity contribution in [1.82, 2.24) is 15.1 Å². The van der Waals surface area contributed by atoms with Crippen LogP contribution in [0.15, 0.2) is 35.1 Å². The van der Waals surface area contributed by atoms with Crippen LogP contribution in [0.4, 0.5) is 4.39 Å². The van der Waals surface area contributed by atoms with Gasteiger partial charge in [-0.3, -0.25) is 4.98 Å². The van der Waals surface area contributed by atoms with Gasteiger partial charge in [0.25, 0.3) is 0 Å². The van der Waals surface area contributed by atoms with E-state index in [1.165, 1.54) is 30.6 Å². The summed E-state index contributed by atoms with van der Waals surface area (Å²) in [6.45, 7) is 3.37. The normalized spacial score (nSPS) is 10.7. The lowest BCUT2D eigenvalue weighted by Gasteiger charge is -2.06. The molecule has 1 N–H and O–H groups in total. The first-order chi connectivity index (χ1) is 12.0. The molecule has 0 aliphatic heterocycles. The Kier molecular flexibility index (Phi) is 4.42. The molecule has 0 saturated carbocycles. The van der Waals surface area contributed by atoms with Crippen LogP contribution >= 0.6 is 0 Å². The number of carbonyl (C=O) groups is 1. The third-order valence-electron chi connectivity index (χ3n) is 3.63. The molecule has 0 fully saturated rings. The minimum atomic E-state index is -1.06. The maximum atomic E-state index is 13.7. The maximum absolute atomic E-state index is 13.7. The fourth-order valence-electron chi connectivity index (χ4n) is 2.16. The number of aryl methyl sites for hydroxylation is 2. The number of carboxylic acids is 1. The first-order valence-electron chi connectivity index (χ1n) is 7.35. The summed E-state index contributed by atoms with van der Waals surface area (Å²) in [4.78, 5) is 18.7. The average Bonchev–Trinajstić information content (AvgIpc) is 2.96. The number of carboxylic acid groups (broad SMARTS) is 1. The van der Waals surface area contributed by atoms with E-state index in [4.69, 9.17) is 14.4 Å². The monoisotopic (exact) mass is 343 g/mol. The number of ether oxygens (including phenoxy) is 1. The number of nitrogens with zero attached hydrogens (tertiary/aromatic N) is 3. The largest absolute Gasteiger partial charge is 0.478 e. The van der Waals surface area contributed by atoms with Crippen LogP contribution in [-0.2, 0) is 6.61 Å². The minimum absolute atomic E-state index is 0.0652. The SMILES string of the molecule is Cc1ncc(-c2noc(C)c2COc2ccc(C(=O)O)cn2)cc1F. The van der Waals surface area contributed by atoms with Crippen molar-refractivity contribution in [1.29, 1.82) is 0 Å². The molecule has 25 heavy (non-hydrogen) atoms. The van der Waals surface area contributed by atoms with E-state index in [0.29, 0.717) is 28.3 Å². The van der Waals surface area contributed by atoms with Gasteiger partial charge in [0.1, 0.15) is 23.9 Å². The Balaban J connectivity index is 1.82. The van der Waals surface area contributed by atoms with Gasteiger partial charge in [0.2, 0.25) is 5.88 Å². The van der Waals surface area contributed by atoms with Crippen LogP contribution in [0.25, 0.3) is 11.3 Å². The van der Waals surface area contributed by atoms with Crippen LogP contribution in [0.5, 0.6) is 5.88 Å². The van der Waals surface area contributed by atoms with E-state index >= 15 is 0 Å². The molecule has 0 aromatic carbocycles. The topological polar surface area (TPSA) is 98.3 Å². The number of rotatable bonds is 5. The molecule has 0 spiro atoms. The lowest BCUT2D eigenvalue weighted by Crippen LogP contribution is -2.02. The summed E-state index contributed by atoms with van der Waals surface area (Å²) < 4.78 is 24.5. The fourth-order valence-corrected chi connectivity index (χ4v) is 2.16. The predicted molar refractivity (Wildman–Crippen MR) is 84.7 cm³/mol. The molecule has 3 aromatic rings. The van der Waals surface area contributed by atoms with Gasteiger partial charge in [-0.25, -0.2) is 14.2 Å². The summed E-state index contributed by atoms with van der Waals surface area (Å²) in [5, 5.41) is 12.8. The van der Waals surface area contributed by atoms with Crippen molar-refractivity contribution >= 4 is 5.97 Å². The molecular formula is C17H14FN3O4. The second-order valence-corrected chi connectivity index (χ2v) is 5.34. The minimum Gasteiger partial charge on any atom is -0.478 e. The fraction of sp³-hybridized carbons (Fsp3) is 0.176. The summed E-state index contributed by atoms with van der Waals surface area (Å²) in [5.41, 5.74) is 1.91. The Morgan fingerprint density at radius 2 is 2.08 bits per heavy atom. The van der Waals surface area contributed by atoms with Gasteiger partial charge < -0.3 is 14.4 Å². The molecule has 0 saturated heterocycles. The highest BCUT2D eigenvalue weighted by atomic mass is 19.1. The number of pyridine rings is 2. The van der Waals surface area contributed by atoms with Crippen molar-refractivity contribution in [3.05, 3.63) is 59.0 Å². The molecule has 0 unspecified atom stereocenters. The number of hydrogen-bond acceptors (Lipinski definition) is 6. The van der Waals surface area contributed by atoms with E-state index in [-0.39, 0.29) is 18.1 Å². The molecule has 128 valence electrons. The van der Waals surface area contributed by atoms with Crippen LogP contribution in [0.2, 0.25) is 0 Å². The number of aromatic carboxylic acids is 1. The molecule has 3 aromatic heterocycles. The van der Waals surface area contributed by atoms with Gasteiger partial charge in [-0.05, 0) is 26.0 Å². The highest BCUT2D eigenvalue weighted by Crippen LogP contribution is 2.26. The van der Waals surface area contributed by atoms with Crippen molar-refractivity contribution in [2.75, 3.05) is 0 Å². The molecule has 8 heteroatoms. The highest BCUT2D eigenvalue weighted by molar-refractivity contribution is 5.87. The Morgan fingerprint density at radius 3 is 2.72 bits per heavy atom. The number of aromatic nitrogens is 3. The second kappa shape index (κ2) is 6.68. The molecule has 0 aliphatic rings. The molecule has 3 heterocycles. The van der Waals surface area contributed by atoms with E-state index < -0.39 is 11.8 Å². The van der Waals surface area contributed by atoms with E-state index in [0.717, 1.165) is 0 Å². The standard InChI is InChI=1S/C17H14FN3O4/c1-9-14(18)5-12(7-19-9)16-13(10(2)25-21-16)8-24-15-4-3-11(6-20-15)17(22)23/h3-7H,8H2,1-2H3,(H,22,23). The van der Waals surface area contributed by atoms with Gasteiger partial charge in [0, 0.05) is 24.0 Å². The van der Waals surface area contributed by atoms with Crippen LogP contribution in [-0.4, -0.2) is 26.2 Å². The second-order valence-electron chi connectivity index (χ2n) is 5.34. The van der Waals surface area contributed by atoms with E-state index in [2.05, 4.69) is 15.1 Å². The zero-order chi connectivity index (χ0) is 18.0. The Labute approximate surface area is 142 Å². The van der Waals surface area contributed by atoms with Crippen LogP contribution in [0.1, 0.15) is 27.4 Å². The maximum Gasteiger partial charge on any atom is 0.337 e. The molecule has 3 rings (SSSR count). The lowest BCUT2D eigenvalue weighted by molar-refractivity contribution is 0.0696. The predicted octanol–water partition coefficient (Wildman–Crippen LogP) is 3.16. The summed E-state index contributed by atoms with van der Waals surface area (Å²) in [6, 6.07) is 4.19. The van der Waals surface area contributed by atoms with E-state index in [9.17, 15) is 9.18 Å². The number of hydrogen-bond donors (Lipinski definition) is 1. The Hall–Kier alpha value is -3.29. The van der Waals surface area contributed by atoms with Crippen molar-refractivity contribution < 1.29 is 23.6 Å². The third kappa shape index (κ3) is 3.47. The Morgan fingerprint density at radius 1 is 1.28 bits per heavy atom. The first-order valence-corrected chi connectivity index (χ1v) is 7.35. The first kappa shape index (κ1) is 16.6. The summed E-state index contributed by atoms with van der Waals surface area (Å²) in [6.07, 6.45) is 2.72. The molecular weight excluding hydrogens is 329 g/mol. The quantitative estimate of drug-likeness (QED) is 0.759. The zero-order valence-electron chi connectivity index (χ0n) is 13.5. The molecule has 0 atom stereocenters. The average molecular weight is 343 g/mol. The lowest BCUT2D eigenvalue weighted by atomic mass is 10.1. The van der Waals surface area contributed by atoms with Gasteiger partial charge in [0.05, 0.1) is 16.8 Å². The highest BCUT2D eigenvalue weighted by Gasteiger charge is 2.17. The van der Waals surface area contributed by atoms with E-state index in [1.807, 2.05) is 0 Å². The van der Waals surface area contributed by atoms with Gasteiger partial charge in [-0.2, -0.15) is 0 Å². The van der Waals surface area contributed by atoms with Crippen molar-refractivity contribution in [2.24, 2.45) is 0 Å². The Bertz CT molecular complexity index is 922. The number of halogens is 1. The van der Waals surface area contributed by atoms with Gasteiger partial charge in [0.15, 0.2) is 0 Å². The zero-order valence-corrected chi connectivity index (χ0v) is 13.5. The van der Waals surface area contributed by atoms with Crippen LogP contribution < -0.4 is 4.74 Å². The molecule has 7 nitrogen and oxygen atoms in total. The summed E-state index contributed by atoms with van der Waals surface area (Å²) >= 11 is 0. The molecule has 0 aliphatic carbocycles. The smallest absolute Gasteiger partial charge is 0.337 e. The van der Waals surface area contributed by atoms with Crippen molar-refractivity contribution in [3.8, 4) is 17.1 Å². The van der Waals surface area contributed by atoms with Gasteiger partial charge >= 0.3 is 5.97 Å². The van der Waals surface area contributed by atoms with Gasteiger partial charge in [-0.1, -0.05) is 5.16 Å². The van der Waals surface area contributed by atoms with E-state index in [1.54, 1.807) is 13.8 Å². The van der Waals surface area contributed by atoms with Crippen molar-refractivity contribution in [2.45, 2.75) is 20.5 Å². The molecule has 0 radical (unpaired) electrons.